The summed E-state index contributed by atoms with van der Waals surface area (Å²) in [7, 11) is 1.50. The van der Waals surface area contributed by atoms with Crippen LogP contribution in [0.3, 0.4) is 0 Å². The summed E-state index contributed by atoms with van der Waals surface area (Å²) in [4.78, 5) is 14.6. The number of morpholine rings is 1. The largest absolute Gasteiger partial charge is 0.496 e. The quantitative estimate of drug-likeness (QED) is 0.584. The van der Waals surface area contributed by atoms with Gasteiger partial charge in [0, 0.05) is 25.7 Å². The van der Waals surface area contributed by atoms with Gasteiger partial charge in [0.15, 0.2) is 0 Å². The van der Waals surface area contributed by atoms with E-state index in [1.807, 2.05) is 0 Å². The molecule has 0 atom stereocenters. The summed E-state index contributed by atoms with van der Waals surface area (Å²) in [6.45, 7) is 5.27. The van der Waals surface area contributed by atoms with Crippen molar-refractivity contribution in [3.8, 4) is 5.75 Å². The Bertz CT molecular complexity index is 534. The van der Waals surface area contributed by atoms with Crippen molar-refractivity contribution in [2.24, 2.45) is 0 Å². The number of nitrogens with two attached hydrogens (primary N) is 1. The normalized spacial score (nSPS) is 15.4. The van der Waals surface area contributed by atoms with Crippen molar-refractivity contribution >= 4 is 23.2 Å². The number of nitrogens with zero attached hydrogens (tertiary/aromatic N) is 1. The Morgan fingerprint density at radius 1 is 1.39 bits per heavy atom. The number of rotatable bonds is 7. The molecular formula is C16H24ClN3O3. The van der Waals surface area contributed by atoms with E-state index in [2.05, 4.69) is 10.2 Å². The van der Waals surface area contributed by atoms with Crippen LogP contribution in [0.1, 0.15) is 23.2 Å². The second-order valence-corrected chi connectivity index (χ2v) is 5.90. The number of nitrogen functional groups attached to an aromatic ring is 1. The zero-order chi connectivity index (χ0) is 16.7. The molecule has 7 heteroatoms. The minimum atomic E-state index is -0.199. The van der Waals surface area contributed by atoms with Crippen molar-refractivity contribution in [1.82, 2.24) is 10.2 Å². The van der Waals surface area contributed by atoms with E-state index >= 15 is 0 Å². The molecule has 1 heterocycles. The third-order valence-corrected chi connectivity index (χ3v) is 4.18. The lowest BCUT2D eigenvalue weighted by Gasteiger charge is -2.26. The Labute approximate surface area is 141 Å². The first-order valence-electron chi connectivity index (χ1n) is 7.83. The molecular weight excluding hydrogens is 318 g/mol. The lowest BCUT2D eigenvalue weighted by molar-refractivity contribution is 0.0372. The van der Waals surface area contributed by atoms with Crippen molar-refractivity contribution in [2.45, 2.75) is 12.8 Å². The number of carbonyl (C=O) groups excluding carboxylic acids is 1. The first-order chi connectivity index (χ1) is 11.1. The molecule has 0 spiro atoms. The second kappa shape index (κ2) is 8.96. The highest BCUT2D eigenvalue weighted by molar-refractivity contribution is 6.33. The summed E-state index contributed by atoms with van der Waals surface area (Å²) in [5.41, 5.74) is 6.52. The summed E-state index contributed by atoms with van der Waals surface area (Å²) >= 11 is 5.98. The predicted molar refractivity (Wildman–Crippen MR) is 91.2 cm³/mol. The van der Waals surface area contributed by atoms with Crippen molar-refractivity contribution < 1.29 is 14.3 Å². The minimum Gasteiger partial charge on any atom is -0.496 e. The Kier molecular flexibility index (Phi) is 6.95. The number of nitrogens with one attached hydrogen (secondary N) is 1. The molecule has 0 radical (unpaired) electrons. The molecule has 0 saturated carbocycles. The fourth-order valence-corrected chi connectivity index (χ4v) is 2.66. The highest BCUT2D eigenvalue weighted by Gasteiger charge is 2.15. The molecule has 1 aliphatic rings. The maximum Gasteiger partial charge on any atom is 0.255 e. The predicted octanol–water partition coefficient (Wildman–Crippen LogP) is 1.77. The molecule has 2 rings (SSSR count). The number of methoxy groups -OCH3 is 1. The van der Waals surface area contributed by atoms with Crippen molar-refractivity contribution in [3.63, 3.8) is 0 Å². The first kappa shape index (κ1) is 17.8. The molecule has 23 heavy (non-hydrogen) atoms. The summed E-state index contributed by atoms with van der Waals surface area (Å²) in [5.74, 6) is 0.229. The summed E-state index contributed by atoms with van der Waals surface area (Å²) in [6, 6.07) is 3.11. The molecule has 1 aromatic rings. The highest BCUT2D eigenvalue weighted by Crippen LogP contribution is 2.28. The highest BCUT2D eigenvalue weighted by atomic mass is 35.5. The number of amides is 1. The molecule has 1 aromatic carbocycles. The number of hydrogen-bond acceptors (Lipinski definition) is 5. The maximum atomic E-state index is 12.2. The Hall–Kier alpha value is -1.50. The summed E-state index contributed by atoms with van der Waals surface area (Å²) < 4.78 is 10.5. The minimum absolute atomic E-state index is 0.199. The molecule has 128 valence electrons. The van der Waals surface area contributed by atoms with Crippen LogP contribution in [0, 0.1) is 0 Å². The summed E-state index contributed by atoms with van der Waals surface area (Å²) in [5, 5.41) is 3.25. The Morgan fingerprint density at radius 2 is 2.13 bits per heavy atom. The van der Waals surface area contributed by atoms with Gasteiger partial charge in [-0.1, -0.05) is 11.6 Å². The molecule has 1 saturated heterocycles. The van der Waals surface area contributed by atoms with Gasteiger partial charge in [-0.15, -0.1) is 0 Å². The van der Waals surface area contributed by atoms with E-state index in [1.165, 1.54) is 7.11 Å². The van der Waals surface area contributed by atoms with Crippen LogP contribution in [0.25, 0.3) is 0 Å². The molecule has 1 amide bonds. The van der Waals surface area contributed by atoms with Crippen molar-refractivity contribution in [2.75, 3.05) is 52.2 Å². The van der Waals surface area contributed by atoms with E-state index in [0.29, 0.717) is 28.6 Å². The lowest BCUT2D eigenvalue weighted by Crippen LogP contribution is -2.37. The van der Waals surface area contributed by atoms with Crippen LogP contribution in [0.4, 0.5) is 5.69 Å². The van der Waals surface area contributed by atoms with Gasteiger partial charge in [-0.2, -0.15) is 0 Å². The Morgan fingerprint density at radius 3 is 2.83 bits per heavy atom. The van der Waals surface area contributed by atoms with Gasteiger partial charge in [0.1, 0.15) is 5.75 Å². The number of carbonyl (C=O) groups is 1. The van der Waals surface area contributed by atoms with Gasteiger partial charge in [-0.05, 0) is 25.5 Å². The van der Waals surface area contributed by atoms with E-state index in [0.717, 1.165) is 45.7 Å². The van der Waals surface area contributed by atoms with E-state index in [1.54, 1.807) is 12.1 Å². The van der Waals surface area contributed by atoms with Crippen LogP contribution in [0.15, 0.2) is 12.1 Å². The van der Waals surface area contributed by atoms with Crippen LogP contribution in [-0.2, 0) is 4.74 Å². The number of anilines is 1. The van der Waals surface area contributed by atoms with Crippen LogP contribution in [0.5, 0.6) is 5.75 Å². The first-order valence-corrected chi connectivity index (χ1v) is 8.21. The molecule has 6 nitrogen and oxygen atoms in total. The number of benzene rings is 1. The second-order valence-electron chi connectivity index (χ2n) is 5.49. The van der Waals surface area contributed by atoms with Crippen molar-refractivity contribution in [1.29, 1.82) is 0 Å². The van der Waals surface area contributed by atoms with Crippen LogP contribution >= 0.6 is 11.6 Å². The van der Waals surface area contributed by atoms with Gasteiger partial charge in [0.25, 0.3) is 5.91 Å². The maximum absolute atomic E-state index is 12.2. The summed E-state index contributed by atoms with van der Waals surface area (Å²) in [6.07, 6.45) is 1.97. The SMILES string of the molecule is COc1cc(N)c(Cl)cc1C(=O)NCCCCN1CCOCC1. The smallest absolute Gasteiger partial charge is 0.255 e. The standard InChI is InChI=1S/C16H24ClN3O3/c1-22-15-11-14(18)13(17)10-12(15)16(21)19-4-2-3-5-20-6-8-23-9-7-20/h10-11H,2-9,18H2,1H3,(H,19,21). The fourth-order valence-electron chi connectivity index (χ4n) is 2.50. The van der Waals surface area contributed by atoms with Gasteiger partial charge >= 0.3 is 0 Å². The lowest BCUT2D eigenvalue weighted by atomic mass is 10.1. The fraction of sp³-hybridized carbons (Fsp3) is 0.562. The van der Waals surface area contributed by atoms with E-state index in [-0.39, 0.29) is 5.91 Å². The molecule has 0 aromatic heterocycles. The van der Waals surface area contributed by atoms with E-state index in [9.17, 15) is 4.79 Å². The monoisotopic (exact) mass is 341 g/mol. The number of unbranched alkanes of at least 4 members (excludes halogenated alkanes) is 1. The van der Waals surface area contributed by atoms with Gasteiger partial charge in [-0.3, -0.25) is 9.69 Å². The number of halogens is 1. The zero-order valence-electron chi connectivity index (χ0n) is 13.4. The van der Waals surface area contributed by atoms with Gasteiger partial charge < -0.3 is 20.5 Å². The van der Waals surface area contributed by atoms with Crippen LogP contribution in [0.2, 0.25) is 5.02 Å². The van der Waals surface area contributed by atoms with Crippen molar-refractivity contribution in [3.05, 3.63) is 22.7 Å². The molecule has 0 unspecified atom stereocenters. The third-order valence-electron chi connectivity index (χ3n) is 3.85. The third kappa shape index (κ3) is 5.27. The number of ether oxygens (including phenoxy) is 2. The zero-order valence-corrected chi connectivity index (χ0v) is 14.2. The van der Waals surface area contributed by atoms with Gasteiger partial charge in [0.05, 0.1) is 36.6 Å². The van der Waals surface area contributed by atoms with Crippen LogP contribution in [-0.4, -0.2) is 57.3 Å². The van der Waals surface area contributed by atoms with Gasteiger partial charge in [0.2, 0.25) is 0 Å². The molecule has 3 N–H and O–H groups in total. The average Bonchev–Trinajstić information content (AvgIpc) is 2.57. The molecule has 0 aliphatic carbocycles. The molecule has 1 aliphatic heterocycles. The average molecular weight is 342 g/mol. The van der Waals surface area contributed by atoms with E-state index < -0.39 is 0 Å². The number of hydrogen-bond donors (Lipinski definition) is 2. The van der Waals surface area contributed by atoms with Crippen LogP contribution < -0.4 is 15.8 Å². The Balaban J connectivity index is 1.75. The molecule has 1 fully saturated rings. The van der Waals surface area contributed by atoms with E-state index in [4.69, 9.17) is 26.8 Å². The molecule has 0 bridgehead atoms. The van der Waals surface area contributed by atoms with Gasteiger partial charge in [-0.25, -0.2) is 0 Å². The topological polar surface area (TPSA) is 76.8 Å².